The summed E-state index contributed by atoms with van der Waals surface area (Å²) in [4.78, 5) is 24.8. The van der Waals surface area contributed by atoms with Crippen molar-refractivity contribution in [1.82, 2.24) is 5.32 Å². The van der Waals surface area contributed by atoms with Crippen molar-refractivity contribution in [2.24, 2.45) is 5.41 Å². The molecule has 0 radical (unpaired) electrons. The Morgan fingerprint density at radius 3 is 2.56 bits per heavy atom. The van der Waals surface area contributed by atoms with Gasteiger partial charge in [0.25, 0.3) is 0 Å². The number of esters is 1. The molecule has 3 rings (SSSR count). The molecule has 0 saturated heterocycles. The number of carbonyl (C=O) groups excluding carboxylic acids is 2. The van der Waals surface area contributed by atoms with Gasteiger partial charge in [-0.1, -0.05) is 49.4 Å². The van der Waals surface area contributed by atoms with Crippen LogP contribution in [0.15, 0.2) is 56.5 Å². The Kier molecular flexibility index (Phi) is 6.12. The molecule has 1 aromatic rings. The number of rotatable bonds is 4. The van der Waals surface area contributed by atoms with E-state index in [4.69, 9.17) is 32.4 Å². The van der Waals surface area contributed by atoms with Crippen LogP contribution in [0.2, 0.25) is 0 Å². The Bertz CT molecular complexity index is 815. The minimum atomic E-state index is -0.656. The minimum absolute atomic E-state index is 0.0489. The molecule has 1 N–H and O–H groups in total. The number of hydrogen-bond acceptors (Lipinski definition) is 4. The summed E-state index contributed by atoms with van der Waals surface area (Å²) in [6.45, 7) is 1.98. The number of halogens is 2. The van der Waals surface area contributed by atoms with Crippen LogP contribution in [0.5, 0.6) is 0 Å². The van der Waals surface area contributed by atoms with Gasteiger partial charge in [-0.15, -0.1) is 0 Å². The van der Waals surface area contributed by atoms with Crippen molar-refractivity contribution in [1.29, 1.82) is 0 Å². The first kappa shape index (κ1) is 19.8. The molecule has 2 aliphatic carbocycles. The third kappa shape index (κ3) is 4.66. The highest BCUT2D eigenvalue weighted by Gasteiger charge is 2.35. The van der Waals surface area contributed by atoms with E-state index in [1.165, 1.54) is 18.4 Å². The molecule has 0 spiro atoms. The van der Waals surface area contributed by atoms with Crippen LogP contribution in [-0.2, 0) is 9.53 Å². The standard InChI is InChI=1S/C20H21Cl2NO4/c1-20(9-3-2-4-10-20)19(25)23-15-7-8-16(14(22)12-13(15)21)27-18(24)17-6-5-11-26-17/h5-8,11H,2-4,9-10,12H2,1H3,(H,23,25). The quantitative estimate of drug-likeness (QED) is 0.677. The molecule has 1 aromatic heterocycles. The molecule has 27 heavy (non-hydrogen) atoms. The largest absolute Gasteiger partial charge is 0.457 e. The number of nitrogens with one attached hydrogen (secondary N) is 1. The van der Waals surface area contributed by atoms with E-state index in [9.17, 15) is 9.59 Å². The van der Waals surface area contributed by atoms with Gasteiger partial charge in [0.2, 0.25) is 11.7 Å². The van der Waals surface area contributed by atoms with E-state index in [1.54, 1.807) is 12.1 Å². The highest BCUT2D eigenvalue weighted by atomic mass is 35.5. The van der Waals surface area contributed by atoms with Gasteiger partial charge in [0, 0.05) is 16.9 Å². The van der Waals surface area contributed by atoms with Gasteiger partial charge in [-0.3, -0.25) is 4.79 Å². The lowest BCUT2D eigenvalue weighted by molar-refractivity contribution is -0.131. The maximum atomic E-state index is 12.8. The van der Waals surface area contributed by atoms with E-state index in [2.05, 4.69) is 5.32 Å². The lowest BCUT2D eigenvalue weighted by Gasteiger charge is -2.32. The van der Waals surface area contributed by atoms with Crippen molar-refractivity contribution >= 4 is 35.1 Å². The van der Waals surface area contributed by atoms with Crippen molar-refractivity contribution in [2.75, 3.05) is 0 Å². The van der Waals surface area contributed by atoms with Gasteiger partial charge in [-0.25, -0.2) is 4.79 Å². The Morgan fingerprint density at radius 2 is 1.89 bits per heavy atom. The van der Waals surface area contributed by atoms with Gasteiger partial charge in [0.1, 0.15) is 5.76 Å². The van der Waals surface area contributed by atoms with E-state index >= 15 is 0 Å². The summed E-state index contributed by atoms with van der Waals surface area (Å²) in [5.41, 5.74) is 0.0737. The number of ether oxygens (including phenoxy) is 1. The van der Waals surface area contributed by atoms with Crippen LogP contribution in [0.3, 0.4) is 0 Å². The van der Waals surface area contributed by atoms with Crippen LogP contribution in [0.1, 0.15) is 56.0 Å². The topological polar surface area (TPSA) is 68.5 Å². The van der Waals surface area contributed by atoms with E-state index in [-0.39, 0.29) is 28.9 Å². The van der Waals surface area contributed by atoms with E-state index in [1.807, 2.05) is 6.92 Å². The molecule has 1 saturated carbocycles. The van der Waals surface area contributed by atoms with Crippen LogP contribution in [-0.4, -0.2) is 11.9 Å². The van der Waals surface area contributed by atoms with Gasteiger partial charge >= 0.3 is 5.97 Å². The SMILES string of the molecule is CC1(C(=O)NC2=C(Cl)CC(Cl)=C(OC(=O)c3ccco3)C=C2)CCCCC1. The maximum absolute atomic E-state index is 12.8. The molecule has 2 aliphatic rings. The molecule has 0 aliphatic heterocycles. The zero-order chi connectivity index (χ0) is 19.4. The molecule has 1 amide bonds. The van der Waals surface area contributed by atoms with Gasteiger partial charge in [0.05, 0.1) is 17.0 Å². The zero-order valence-electron chi connectivity index (χ0n) is 15.0. The number of allylic oxidation sites excluding steroid dienone is 4. The van der Waals surface area contributed by atoms with Crippen LogP contribution in [0, 0.1) is 5.41 Å². The third-order valence-corrected chi connectivity index (χ3v) is 5.61. The minimum Gasteiger partial charge on any atom is -0.457 e. The summed E-state index contributed by atoms with van der Waals surface area (Å²) in [7, 11) is 0. The number of hydrogen-bond donors (Lipinski definition) is 1. The molecule has 0 atom stereocenters. The first-order valence-corrected chi connectivity index (χ1v) is 9.67. The lowest BCUT2D eigenvalue weighted by atomic mass is 9.75. The molecule has 7 heteroatoms. The summed E-state index contributed by atoms with van der Waals surface area (Å²) in [6, 6.07) is 3.09. The smallest absolute Gasteiger partial charge is 0.379 e. The lowest BCUT2D eigenvalue weighted by Crippen LogP contribution is -2.39. The Morgan fingerprint density at radius 1 is 1.15 bits per heavy atom. The van der Waals surface area contributed by atoms with E-state index < -0.39 is 11.4 Å². The molecule has 0 bridgehead atoms. The fourth-order valence-corrected chi connectivity index (χ4v) is 3.78. The second-order valence-electron chi connectivity index (χ2n) is 7.04. The summed E-state index contributed by atoms with van der Waals surface area (Å²) in [5, 5.41) is 3.57. The zero-order valence-corrected chi connectivity index (χ0v) is 16.5. The highest BCUT2D eigenvalue weighted by Crippen LogP contribution is 2.37. The maximum Gasteiger partial charge on any atom is 0.379 e. The normalized spacial score (nSPS) is 19.7. The number of carbonyl (C=O) groups is 2. The molecule has 1 fully saturated rings. The highest BCUT2D eigenvalue weighted by molar-refractivity contribution is 6.34. The average Bonchev–Trinajstić information content (AvgIpc) is 3.14. The first-order chi connectivity index (χ1) is 12.9. The van der Waals surface area contributed by atoms with Crippen molar-refractivity contribution < 1.29 is 18.7 Å². The second kappa shape index (κ2) is 8.36. The fraction of sp³-hybridized carbons (Fsp3) is 0.400. The Labute approximate surface area is 168 Å². The summed E-state index contributed by atoms with van der Waals surface area (Å²) in [5.74, 6) is -0.463. The molecular weight excluding hydrogens is 389 g/mol. The van der Waals surface area contributed by atoms with Crippen LogP contribution in [0.25, 0.3) is 0 Å². The number of amides is 1. The Balaban J connectivity index is 1.71. The predicted octanol–water partition coefficient (Wildman–Crippen LogP) is 5.38. The van der Waals surface area contributed by atoms with Gasteiger partial charge < -0.3 is 14.5 Å². The molecule has 5 nitrogen and oxygen atoms in total. The van der Waals surface area contributed by atoms with Crippen LogP contribution >= 0.6 is 23.2 Å². The van der Waals surface area contributed by atoms with Crippen molar-refractivity contribution in [3.8, 4) is 0 Å². The number of furan rings is 1. The average molecular weight is 410 g/mol. The predicted molar refractivity (Wildman–Crippen MR) is 103 cm³/mol. The summed E-state index contributed by atoms with van der Waals surface area (Å²) in [6.07, 6.45) is 9.65. The first-order valence-electron chi connectivity index (χ1n) is 8.91. The molecule has 144 valence electrons. The van der Waals surface area contributed by atoms with Crippen LogP contribution in [0.4, 0.5) is 0 Å². The van der Waals surface area contributed by atoms with Crippen LogP contribution < -0.4 is 5.32 Å². The van der Waals surface area contributed by atoms with Gasteiger partial charge in [0.15, 0.2) is 0 Å². The van der Waals surface area contributed by atoms with Gasteiger partial charge in [-0.05, 0) is 37.1 Å². The third-order valence-electron chi connectivity index (χ3n) is 4.95. The van der Waals surface area contributed by atoms with Gasteiger partial charge in [-0.2, -0.15) is 0 Å². The van der Waals surface area contributed by atoms with E-state index in [0.29, 0.717) is 10.7 Å². The summed E-state index contributed by atoms with van der Waals surface area (Å²) >= 11 is 12.6. The Hall–Kier alpha value is -1.98. The molecule has 0 aromatic carbocycles. The van der Waals surface area contributed by atoms with Crippen molar-refractivity contribution in [3.05, 3.63) is 57.8 Å². The van der Waals surface area contributed by atoms with E-state index in [0.717, 1.165) is 32.1 Å². The molecule has 1 heterocycles. The monoisotopic (exact) mass is 409 g/mol. The molecular formula is C20H21Cl2NO4. The fourth-order valence-electron chi connectivity index (χ4n) is 3.23. The van der Waals surface area contributed by atoms with Crippen molar-refractivity contribution in [3.63, 3.8) is 0 Å². The summed E-state index contributed by atoms with van der Waals surface area (Å²) < 4.78 is 10.3. The van der Waals surface area contributed by atoms with Crippen molar-refractivity contribution in [2.45, 2.75) is 45.4 Å². The molecule has 0 unspecified atom stereocenters. The second-order valence-corrected chi connectivity index (χ2v) is 7.95.